The number of hydrogen-bond donors (Lipinski definition) is 2. The van der Waals surface area contributed by atoms with E-state index in [1.807, 2.05) is 134 Å². The zero-order valence-electron chi connectivity index (χ0n) is 36.3. The van der Waals surface area contributed by atoms with E-state index in [0.717, 1.165) is 33.4 Å². The summed E-state index contributed by atoms with van der Waals surface area (Å²) in [5.74, 6) is -0.331. The highest BCUT2D eigenvalue weighted by molar-refractivity contribution is 7.40. The molecule has 2 N–H and O–H groups in total. The van der Waals surface area contributed by atoms with E-state index in [-0.39, 0.29) is 35.4 Å². The minimum absolute atomic E-state index is 0.0606. The van der Waals surface area contributed by atoms with Gasteiger partial charge >= 0.3 is 14.6 Å². The Morgan fingerprint density at radius 2 is 1.24 bits per heavy atom. The SMILES string of the molecule is COC1=CC(=O)OC1CCOP(O)OC1CC(C)(C)C(/C=C/C(C)=C/C=C/C(C)=C/C=C/C=C(C)/C=C/C=C(C)/C=C/C2=C(C)C(=O)C(OPO)CC2(C)C)=C(C)C1=O. The van der Waals surface area contributed by atoms with Crippen LogP contribution in [0.1, 0.15) is 88.5 Å². The van der Waals surface area contributed by atoms with Crippen LogP contribution in [0.15, 0.2) is 141 Å². The fourth-order valence-corrected chi connectivity index (χ4v) is 8.05. The molecule has 1 heterocycles. The lowest BCUT2D eigenvalue weighted by Gasteiger charge is -2.36. The van der Waals surface area contributed by atoms with Crippen LogP contribution >= 0.6 is 17.6 Å². The fourth-order valence-electron chi connectivity index (χ4n) is 7.02. The summed E-state index contributed by atoms with van der Waals surface area (Å²) < 4.78 is 26.7. The van der Waals surface area contributed by atoms with E-state index in [1.54, 1.807) is 6.92 Å². The van der Waals surface area contributed by atoms with Gasteiger partial charge in [0.15, 0.2) is 26.7 Å². The second-order valence-electron chi connectivity index (χ2n) is 16.2. The predicted octanol–water partition coefficient (Wildman–Crippen LogP) is 10.5. The molecule has 2 aliphatic carbocycles. The summed E-state index contributed by atoms with van der Waals surface area (Å²) in [6.45, 7) is 20.1. The van der Waals surface area contributed by atoms with E-state index in [0.29, 0.717) is 29.7 Å². The Morgan fingerprint density at radius 1 is 0.780 bits per heavy atom. The summed E-state index contributed by atoms with van der Waals surface area (Å²) in [4.78, 5) is 57.1. The molecule has 10 nitrogen and oxygen atoms in total. The van der Waals surface area contributed by atoms with Crippen molar-refractivity contribution >= 4 is 35.2 Å². The molecule has 5 atom stereocenters. The van der Waals surface area contributed by atoms with Gasteiger partial charge in [-0.3, -0.25) is 9.59 Å². The van der Waals surface area contributed by atoms with E-state index in [2.05, 4.69) is 13.8 Å². The summed E-state index contributed by atoms with van der Waals surface area (Å²) in [7, 11) is -1.56. The van der Waals surface area contributed by atoms with Crippen LogP contribution in [0, 0.1) is 10.8 Å². The molecule has 1 aliphatic heterocycles. The van der Waals surface area contributed by atoms with Crippen LogP contribution in [0.5, 0.6) is 0 Å². The molecule has 0 spiro atoms. The third kappa shape index (κ3) is 15.3. The molecular formula is C47H62O10P2. The molecular weight excluding hydrogens is 786 g/mol. The Labute approximate surface area is 354 Å². The molecule has 59 heavy (non-hydrogen) atoms. The van der Waals surface area contributed by atoms with Crippen LogP contribution in [-0.2, 0) is 37.4 Å². The number of carbonyl (C=O) groups excluding carboxylic acids is 3. The minimum atomic E-state index is -2.32. The zero-order chi connectivity index (χ0) is 43.9. The van der Waals surface area contributed by atoms with Gasteiger partial charge in [0.1, 0.15) is 18.0 Å². The first kappa shape index (κ1) is 49.5. The molecule has 12 heteroatoms. The first-order valence-electron chi connectivity index (χ1n) is 19.7. The Hall–Kier alpha value is -3.85. The smallest absolute Gasteiger partial charge is 0.335 e. The maximum absolute atomic E-state index is 13.3. The average Bonchev–Trinajstić information content (AvgIpc) is 3.52. The Balaban J connectivity index is 1.51. The number of methoxy groups -OCH3 is 1. The molecule has 0 aromatic carbocycles. The predicted molar refractivity (Wildman–Crippen MR) is 238 cm³/mol. The van der Waals surface area contributed by atoms with Crippen molar-refractivity contribution in [3.63, 3.8) is 0 Å². The topological polar surface area (TPSA) is 138 Å². The lowest BCUT2D eigenvalue weighted by Crippen LogP contribution is -2.37. The molecule has 0 amide bonds. The quantitative estimate of drug-likeness (QED) is 0.0734. The molecule has 0 saturated heterocycles. The van der Waals surface area contributed by atoms with Crippen LogP contribution in [0.25, 0.3) is 0 Å². The van der Waals surface area contributed by atoms with Gasteiger partial charge in [-0.15, -0.1) is 0 Å². The van der Waals surface area contributed by atoms with E-state index in [1.165, 1.54) is 13.2 Å². The molecule has 0 fully saturated rings. The van der Waals surface area contributed by atoms with Gasteiger partial charge in [0.25, 0.3) is 0 Å². The number of Topliss-reactive ketones (excluding diaryl/α,β-unsaturated/α-hetero) is 2. The lowest BCUT2D eigenvalue weighted by molar-refractivity contribution is -0.139. The first-order chi connectivity index (χ1) is 27.8. The monoisotopic (exact) mass is 848 g/mol. The van der Waals surface area contributed by atoms with E-state index in [9.17, 15) is 24.2 Å². The van der Waals surface area contributed by atoms with Gasteiger partial charge in [0, 0.05) is 6.42 Å². The van der Waals surface area contributed by atoms with E-state index in [4.69, 9.17) is 23.0 Å². The van der Waals surface area contributed by atoms with E-state index >= 15 is 0 Å². The Kier molecular flexibility index (Phi) is 19.5. The molecule has 0 aromatic heterocycles. The van der Waals surface area contributed by atoms with Crippen molar-refractivity contribution in [3.05, 3.63) is 141 Å². The van der Waals surface area contributed by atoms with Gasteiger partial charge in [0.05, 0.1) is 19.8 Å². The molecule has 0 saturated carbocycles. The number of ketones is 2. The van der Waals surface area contributed by atoms with Crippen molar-refractivity contribution in [2.45, 2.75) is 107 Å². The summed E-state index contributed by atoms with van der Waals surface area (Å²) >= 11 is 0. The number of hydrogen-bond acceptors (Lipinski definition) is 10. The van der Waals surface area contributed by atoms with Crippen LogP contribution in [0.4, 0.5) is 0 Å². The molecule has 320 valence electrons. The lowest BCUT2D eigenvalue weighted by atomic mass is 9.71. The summed E-state index contributed by atoms with van der Waals surface area (Å²) in [5, 5.41) is 0. The van der Waals surface area contributed by atoms with Crippen LogP contribution in [0.2, 0.25) is 0 Å². The van der Waals surface area contributed by atoms with Gasteiger partial charge < -0.3 is 32.8 Å². The van der Waals surface area contributed by atoms with Gasteiger partial charge in [-0.05, 0) is 87.5 Å². The summed E-state index contributed by atoms with van der Waals surface area (Å²) in [6.07, 6.45) is 28.7. The molecule has 3 aliphatic rings. The second kappa shape index (κ2) is 23.2. The Bertz CT molecular complexity index is 1940. The molecule has 3 rings (SSSR count). The van der Waals surface area contributed by atoms with Crippen molar-refractivity contribution < 1.29 is 47.2 Å². The first-order valence-corrected chi connectivity index (χ1v) is 21.7. The van der Waals surface area contributed by atoms with E-state index < -0.39 is 41.9 Å². The van der Waals surface area contributed by atoms with Crippen molar-refractivity contribution in [1.82, 2.24) is 0 Å². The van der Waals surface area contributed by atoms with Gasteiger partial charge in [-0.25, -0.2) is 4.79 Å². The maximum atomic E-state index is 13.3. The van der Waals surface area contributed by atoms with Crippen LogP contribution < -0.4 is 0 Å². The number of cyclic esters (lactones) is 1. The highest BCUT2D eigenvalue weighted by atomic mass is 31.2. The summed E-state index contributed by atoms with van der Waals surface area (Å²) in [6, 6.07) is 0. The van der Waals surface area contributed by atoms with Crippen molar-refractivity contribution in [1.29, 1.82) is 0 Å². The third-order valence-electron chi connectivity index (χ3n) is 10.3. The number of ether oxygens (including phenoxy) is 2. The van der Waals surface area contributed by atoms with Crippen molar-refractivity contribution in [2.24, 2.45) is 10.8 Å². The minimum Gasteiger partial charge on any atom is -0.497 e. The molecule has 0 bridgehead atoms. The largest absolute Gasteiger partial charge is 0.497 e. The summed E-state index contributed by atoms with van der Waals surface area (Å²) in [5.41, 5.74) is 6.80. The molecule has 0 radical (unpaired) electrons. The van der Waals surface area contributed by atoms with Gasteiger partial charge in [-0.1, -0.05) is 135 Å². The van der Waals surface area contributed by atoms with Gasteiger partial charge in [-0.2, -0.15) is 0 Å². The number of carbonyl (C=O) groups is 3. The standard InChI is InChI=1S/C47H62O10P2/c1-31(18-14-20-33(3)22-24-37-35(5)44(49)41(56-58-51)29-46(37,7)8)16-12-13-17-32(2)19-15-21-34(4)23-25-38-36(6)45(50)42(30-47(38,9)10)57-59(52)54-27-26-39-40(53-11)28-43(48)55-39/h12-25,28,39,41-42,51-52,58H,26-27,29-30H2,1-11H3/b13-12+,18-14+,19-15+,24-22+,25-23+,31-16+,32-17+,33-20+,34-21+. The molecule has 5 unspecified atom stereocenters. The number of allylic oxidation sites excluding steroid dienone is 20. The molecule has 0 aromatic rings. The van der Waals surface area contributed by atoms with Crippen LogP contribution in [-0.4, -0.2) is 59.4 Å². The maximum Gasteiger partial charge on any atom is 0.335 e. The third-order valence-corrected chi connectivity index (χ3v) is 11.6. The Morgan fingerprint density at radius 3 is 1.73 bits per heavy atom. The number of esters is 1. The van der Waals surface area contributed by atoms with Crippen LogP contribution in [0.3, 0.4) is 0 Å². The zero-order valence-corrected chi connectivity index (χ0v) is 38.2. The average molecular weight is 849 g/mol. The number of rotatable bonds is 19. The fraction of sp³-hybridized carbons (Fsp3) is 0.426. The normalized spacial score (nSPS) is 24.5. The van der Waals surface area contributed by atoms with Gasteiger partial charge in [0.2, 0.25) is 0 Å². The second-order valence-corrected chi connectivity index (χ2v) is 17.6. The van der Waals surface area contributed by atoms with Crippen molar-refractivity contribution in [3.8, 4) is 0 Å². The highest BCUT2D eigenvalue weighted by Gasteiger charge is 2.40. The van der Waals surface area contributed by atoms with Crippen molar-refractivity contribution in [2.75, 3.05) is 13.7 Å². The highest BCUT2D eigenvalue weighted by Crippen LogP contribution is 2.46.